The largest absolute Gasteiger partial charge is 0.351 e. The highest BCUT2D eigenvalue weighted by Gasteiger charge is 2.26. The van der Waals surface area contributed by atoms with E-state index < -0.39 is 0 Å². The smallest absolute Gasteiger partial charge is 0.220 e. The van der Waals surface area contributed by atoms with Crippen molar-refractivity contribution in [3.05, 3.63) is 48.3 Å². The second-order valence-electron chi connectivity index (χ2n) is 8.30. The predicted molar refractivity (Wildman–Crippen MR) is 98.2 cm³/mol. The molecule has 1 N–H and O–H groups in total. The van der Waals surface area contributed by atoms with Crippen LogP contribution in [0.4, 0.5) is 0 Å². The molecule has 1 heterocycles. The van der Waals surface area contributed by atoms with E-state index in [-0.39, 0.29) is 16.9 Å². The van der Waals surface area contributed by atoms with Crippen LogP contribution in [0.15, 0.2) is 42.7 Å². The van der Waals surface area contributed by atoms with Gasteiger partial charge >= 0.3 is 0 Å². The number of carbonyl (C=O) groups excluding carboxylic acids is 1. The van der Waals surface area contributed by atoms with E-state index in [2.05, 4.69) is 45.0 Å². The van der Waals surface area contributed by atoms with Gasteiger partial charge in [-0.05, 0) is 49.8 Å². The first-order valence-corrected chi connectivity index (χ1v) is 8.55. The van der Waals surface area contributed by atoms with Gasteiger partial charge in [-0.15, -0.1) is 0 Å². The summed E-state index contributed by atoms with van der Waals surface area (Å²) in [6.07, 6.45) is 5.94. The molecule has 1 aromatic carbocycles. The van der Waals surface area contributed by atoms with Crippen molar-refractivity contribution in [3.8, 4) is 5.69 Å². The van der Waals surface area contributed by atoms with Crippen LogP contribution in [0.3, 0.4) is 0 Å². The maximum absolute atomic E-state index is 12.3. The third-order valence-electron chi connectivity index (χ3n) is 3.75. The number of aryl methyl sites for hydroxylation is 1. The van der Waals surface area contributed by atoms with Gasteiger partial charge in [0, 0.05) is 18.2 Å². The summed E-state index contributed by atoms with van der Waals surface area (Å²) in [5.74, 6) is 0.0942. The number of nitrogens with one attached hydrogen (secondary N) is 1. The number of rotatable bonds is 6. The van der Waals surface area contributed by atoms with Crippen LogP contribution in [0.5, 0.6) is 0 Å². The number of hydrogen-bond acceptors (Lipinski definition) is 2. The number of para-hydroxylation sites is 1. The van der Waals surface area contributed by atoms with Crippen molar-refractivity contribution in [3.63, 3.8) is 0 Å². The molecule has 0 atom stereocenters. The van der Waals surface area contributed by atoms with E-state index in [0.29, 0.717) is 12.8 Å². The summed E-state index contributed by atoms with van der Waals surface area (Å²) in [5, 5.41) is 7.53. The Balaban J connectivity index is 1.87. The predicted octanol–water partition coefficient (Wildman–Crippen LogP) is 4.14. The van der Waals surface area contributed by atoms with Gasteiger partial charge in [0.1, 0.15) is 0 Å². The van der Waals surface area contributed by atoms with E-state index in [0.717, 1.165) is 17.7 Å². The first-order valence-electron chi connectivity index (χ1n) is 8.55. The molecule has 0 saturated heterocycles. The average Bonchev–Trinajstić information content (AvgIpc) is 2.92. The Morgan fingerprint density at radius 3 is 2.42 bits per heavy atom. The highest BCUT2D eigenvalue weighted by Crippen LogP contribution is 2.26. The third kappa shape index (κ3) is 5.84. The summed E-state index contributed by atoms with van der Waals surface area (Å²) >= 11 is 0. The molecule has 0 aliphatic rings. The van der Waals surface area contributed by atoms with Crippen molar-refractivity contribution in [1.29, 1.82) is 0 Å². The monoisotopic (exact) mass is 327 g/mol. The number of carbonyl (C=O) groups is 1. The number of amides is 1. The van der Waals surface area contributed by atoms with Gasteiger partial charge in [0.15, 0.2) is 0 Å². The normalized spacial score (nSPS) is 12.2. The second-order valence-corrected chi connectivity index (χ2v) is 8.30. The van der Waals surface area contributed by atoms with E-state index in [1.807, 2.05) is 47.4 Å². The Bertz CT molecular complexity index is 666. The molecule has 2 aromatic rings. The molecule has 0 bridgehead atoms. The zero-order valence-electron chi connectivity index (χ0n) is 15.5. The van der Waals surface area contributed by atoms with Crippen molar-refractivity contribution in [2.75, 3.05) is 0 Å². The third-order valence-corrected chi connectivity index (χ3v) is 3.75. The average molecular weight is 327 g/mol. The fourth-order valence-electron chi connectivity index (χ4n) is 3.28. The molecule has 1 amide bonds. The molecule has 24 heavy (non-hydrogen) atoms. The van der Waals surface area contributed by atoms with Crippen LogP contribution >= 0.6 is 0 Å². The molecule has 0 spiro atoms. The van der Waals surface area contributed by atoms with Gasteiger partial charge in [-0.1, -0.05) is 39.0 Å². The van der Waals surface area contributed by atoms with Crippen LogP contribution in [0.1, 0.15) is 53.0 Å². The molecule has 0 radical (unpaired) electrons. The van der Waals surface area contributed by atoms with Gasteiger partial charge in [0.05, 0.1) is 11.9 Å². The van der Waals surface area contributed by atoms with Gasteiger partial charge in [-0.3, -0.25) is 4.79 Å². The summed E-state index contributed by atoms with van der Waals surface area (Å²) < 4.78 is 1.84. The highest BCUT2D eigenvalue weighted by molar-refractivity contribution is 5.76. The lowest BCUT2D eigenvalue weighted by Gasteiger charge is -2.33. The standard InChI is InChI=1S/C20H29N3O/c1-19(2,3)15-20(4,5)22-18(24)12-11-16-13-21-23(14-16)17-9-7-6-8-10-17/h6-10,13-14H,11-12,15H2,1-5H3,(H,22,24). The topological polar surface area (TPSA) is 46.9 Å². The van der Waals surface area contributed by atoms with Crippen LogP contribution in [0.25, 0.3) is 5.69 Å². The lowest BCUT2D eigenvalue weighted by Crippen LogP contribution is -2.45. The Hall–Kier alpha value is -2.10. The first kappa shape index (κ1) is 18.2. The zero-order chi connectivity index (χ0) is 17.8. The quantitative estimate of drug-likeness (QED) is 0.867. The fraction of sp³-hybridized carbons (Fsp3) is 0.500. The van der Waals surface area contributed by atoms with Crippen molar-refractivity contribution >= 4 is 5.91 Å². The molecule has 4 heteroatoms. The summed E-state index contributed by atoms with van der Waals surface area (Å²) in [6.45, 7) is 10.8. The lowest BCUT2D eigenvalue weighted by atomic mass is 9.81. The summed E-state index contributed by atoms with van der Waals surface area (Å²) in [5.41, 5.74) is 2.10. The number of nitrogens with zero attached hydrogens (tertiary/aromatic N) is 2. The maximum atomic E-state index is 12.3. The van der Waals surface area contributed by atoms with Crippen molar-refractivity contribution in [1.82, 2.24) is 15.1 Å². The van der Waals surface area contributed by atoms with Gasteiger partial charge in [-0.25, -0.2) is 4.68 Å². The number of hydrogen-bond donors (Lipinski definition) is 1. The van der Waals surface area contributed by atoms with E-state index in [1.54, 1.807) is 0 Å². The Kier molecular flexibility index (Phi) is 5.47. The van der Waals surface area contributed by atoms with E-state index in [9.17, 15) is 4.79 Å². The Labute approximate surface area is 145 Å². The van der Waals surface area contributed by atoms with Gasteiger partial charge in [0.25, 0.3) is 0 Å². The molecular weight excluding hydrogens is 298 g/mol. The molecule has 4 nitrogen and oxygen atoms in total. The number of aromatic nitrogens is 2. The minimum absolute atomic E-state index is 0.0942. The van der Waals surface area contributed by atoms with E-state index in [4.69, 9.17) is 0 Å². The lowest BCUT2D eigenvalue weighted by molar-refractivity contribution is -0.122. The maximum Gasteiger partial charge on any atom is 0.220 e. The molecular formula is C20H29N3O. The van der Waals surface area contributed by atoms with Crippen LogP contribution in [-0.4, -0.2) is 21.2 Å². The Morgan fingerprint density at radius 2 is 1.79 bits per heavy atom. The van der Waals surface area contributed by atoms with Crippen molar-refractivity contribution in [2.24, 2.45) is 5.41 Å². The summed E-state index contributed by atoms with van der Waals surface area (Å²) in [6, 6.07) is 9.98. The van der Waals surface area contributed by atoms with E-state index >= 15 is 0 Å². The van der Waals surface area contributed by atoms with Crippen LogP contribution in [0.2, 0.25) is 0 Å². The van der Waals surface area contributed by atoms with Crippen molar-refractivity contribution < 1.29 is 4.79 Å². The molecule has 2 rings (SSSR count). The SMILES string of the molecule is CC(C)(C)CC(C)(C)NC(=O)CCc1cnn(-c2ccccc2)c1. The molecule has 0 aliphatic carbocycles. The van der Waals surface area contributed by atoms with Crippen LogP contribution < -0.4 is 5.32 Å². The zero-order valence-corrected chi connectivity index (χ0v) is 15.5. The molecule has 1 aromatic heterocycles. The molecule has 0 saturated carbocycles. The highest BCUT2D eigenvalue weighted by atomic mass is 16.1. The van der Waals surface area contributed by atoms with Crippen LogP contribution in [-0.2, 0) is 11.2 Å². The number of benzene rings is 1. The molecule has 0 fully saturated rings. The van der Waals surface area contributed by atoms with Crippen molar-refractivity contribution in [2.45, 2.75) is 59.4 Å². The minimum atomic E-state index is -0.191. The second kappa shape index (κ2) is 7.20. The fourth-order valence-corrected chi connectivity index (χ4v) is 3.28. The summed E-state index contributed by atoms with van der Waals surface area (Å²) in [4.78, 5) is 12.3. The Morgan fingerprint density at radius 1 is 1.12 bits per heavy atom. The summed E-state index contributed by atoms with van der Waals surface area (Å²) in [7, 11) is 0. The molecule has 0 unspecified atom stereocenters. The van der Waals surface area contributed by atoms with E-state index in [1.165, 1.54) is 0 Å². The van der Waals surface area contributed by atoms with Gasteiger partial charge in [-0.2, -0.15) is 5.10 Å². The molecule has 0 aliphatic heterocycles. The molecule has 130 valence electrons. The van der Waals surface area contributed by atoms with Gasteiger partial charge < -0.3 is 5.32 Å². The minimum Gasteiger partial charge on any atom is -0.351 e. The van der Waals surface area contributed by atoms with Gasteiger partial charge in [0.2, 0.25) is 5.91 Å². The van der Waals surface area contributed by atoms with Crippen LogP contribution in [0, 0.1) is 5.41 Å². The first-order chi connectivity index (χ1) is 11.1.